The molecular formula is C13H9ClF3N3OS. The van der Waals surface area contributed by atoms with Crippen molar-refractivity contribution in [3.63, 3.8) is 0 Å². The first kappa shape index (κ1) is 16.3. The average molecular weight is 348 g/mol. The smallest absolute Gasteiger partial charge is 0.416 e. The highest BCUT2D eigenvalue weighted by molar-refractivity contribution is 7.80. The van der Waals surface area contributed by atoms with E-state index in [0.29, 0.717) is 5.76 Å². The van der Waals surface area contributed by atoms with Crippen molar-refractivity contribution in [2.45, 2.75) is 6.18 Å². The third-order valence-electron chi connectivity index (χ3n) is 2.55. The molecule has 1 heterocycles. The zero-order valence-electron chi connectivity index (χ0n) is 10.8. The lowest BCUT2D eigenvalue weighted by molar-refractivity contribution is -0.137. The summed E-state index contributed by atoms with van der Waals surface area (Å²) in [5.74, 6) is 0.486. The van der Waals surface area contributed by atoms with Crippen molar-refractivity contribution in [2.75, 3.05) is 0 Å². The lowest BCUT2D eigenvalue weighted by atomic mass is 10.1. The van der Waals surface area contributed by atoms with Crippen molar-refractivity contribution in [3.8, 4) is 11.3 Å². The molecule has 0 bridgehead atoms. The Morgan fingerprint density at radius 3 is 2.68 bits per heavy atom. The summed E-state index contributed by atoms with van der Waals surface area (Å²) in [4.78, 5) is 0. The maximum atomic E-state index is 12.7. The summed E-state index contributed by atoms with van der Waals surface area (Å²) in [6.07, 6.45) is -3.18. The van der Waals surface area contributed by atoms with Crippen LogP contribution in [-0.2, 0) is 6.18 Å². The van der Waals surface area contributed by atoms with E-state index in [1.807, 2.05) is 0 Å². The maximum Gasteiger partial charge on any atom is 0.416 e. The fourth-order valence-corrected chi connectivity index (χ4v) is 1.88. The highest BCUT2D eigenvalue weighted by Crippen LogP contribution is 2.36. The third kappa shape index (κ3) is 3.99. The Morgan fingerprint density at radius 2 is 2.05 bits per heavy atom. The molecule has 0 unspecified atom stereocenters. The van der Waals surface area contributed by atoms with Gasteiger partial charge in [0.25, 0.3) is 0 Å². The molecular weight excluding hydrogens is 339 g/mol. The van der Waals surface area contributed by atoms with E-state index in [1.54, 1.807) is 0 Å². The lowest BCUT2D eigenvalue weighted by Crippen LogP contribution is -2.23. The Hall–Kier alpha value is -2.06. The molecule has 9 heteroatoms. The van der Waals surface area contributed by atoms with E-state index in [4.69, 9.17) is 21.8 Å². The average Bonchev–Trinajstić information content (AvgIpc) is 2.86. The van der Waals surface area contributed by atoms with E-state index in [2.05, 4.69) is 22.7 Å². The molecule has 3 N–H and O–H groups in total. The van der Waals surface area contributed by atoms with E-state index in [1.165, 1.54) is 24.4 Å². The summed E-state index contributed by atoms with van der Waals surface area (Å²) in [5, 5.41) is 3.80. The summed E-state index contributed by atoms with van der Waals surface area (Å²) in [7, 11) is 0. The minimum absolute atomic E-state index is 0.0241. The van der Waals surface area contributed by atoms with Crippen molar-refractivity contribution >= 4 is 35.1 Å². The monoisotopic (exact) mass is 347 g/mol. The molecule has 0 atom stereocenters. The van der Waals surface area contributed by atoms with Crippen LogP contribution in [0.3, 0.4) is 0 Å². The van der Waals surface area contributed by atoms with Gasteiger partial charge in [-0.1, -0.05) is 11.6 Å². The molecule has 0 aliphatic rings. The molecule has 116 valence electrons. The molecule has 0 aliphatic carbocycles. The van der Waals surface area contributed by atoms with Crippen LogP contribution in [0.2, 0.25) is 5.02 Å². The predicted molar refractivity (Wildman–Crippen MR) is 81.7 cm³/mol. The minimum atomic E-state index is -4.46. The number of thiocarbonyl (C=S) groups is 1. The van der Waals surface area contributed by atoms with Crippen LogP contribution in [0.25, 0.3) is 11.3 Å². The molecule has 1 aromatic carbocycles. The molecule has 0 saturated carbocycles. The molecule has 0 saturated heterocycles. The zero-order valence-corrected chi connectivity index (χ0v) is 12.4. The van der Waals surface area contributed by atoms with Gasteiger partial charge in [-0.05, 0) is 42.5 Å². The maximum absolute atomic E-state index is 12.7. The number of nitrogens with one attached hydrogen (secondary N) is 1. The zero-order chi connectivity index (χ0) is 16.3. The van der Waals surface area contributed by atoms with Gasteiger partial charge >= 0.3 is 6.18 Å². The van der Waals surface area contributed by atoms with Crippen LogP contribution >= 0.6 is 23.8 Å². The minimum Gasteiger partial charge on any atom is -0.455 e. The second kappa shape index (κ2) is 6.37. The Labute approximate surface area is 133 Å². The molecule has 2 aromatic rings. The second-order valence-corrected chi connectivity index (χ2v) is 4.98. The number of hydrazone groups is 1. The molecule has 0 fully saturated rings. The second-order valence-electron chi connectivity index (χ2n) is 4.13. The fourth-order valence-electron chi connectivity index (χ4n) is 1.62. The van der Waals surface area contributed by atoms with E-state index in [0.717, 1.165) is 12.1 Å². The molecule has 0 amide bonds. The first-order chi connectivity index (χ1) is 10.3. The molecule has 4 nitrogen and oxygen atoms in total. The van der Waals surface area contributed by atoms with E-state index in [9.17, 15) is 13.2 Å². The summed E-state index contributed by atoms with van der Waals surface area (Å²) in [5.41, 5.74) is 6.84. The predicted octanol–water partition coefficient (Wildman–Crippen LogP) is 3.79. The number of alkyl halides is 3. The highest BCUT2D eigenvalue weighted by Gasteiger charge is 2.31. The van der Waals surface area contributed by atoms with Crippen molar-refractivity contribution in [3.05, 3.63) is 46.7 Å². The topological polar surface area (TPSA) is 63.5 Å². The van der Waals surface area contributed by atoms with Crippen LogP contribution in [0, 0.1) is 0 Å². The molecule has 0 radical (unpaired) electrons. The van der Waals surface area contributed by atoms with Crippen LogP contribution in [0.15, 0.2) is 39.9 Å². The third-order valence-corrected chi connectivity index (χ3v) is 2.97. The van der Waals surface area contributed by atoms with Gasteiger partial charge in [-0.15, -0.1) is 0 Å². The normalized spacial score (nSPS) is 11.8. The first-order valence-electron chi connectivity index (χ1n) is 5.83. The van der Waals surface area contributed by atoms with Gasteiger partial charge in [0, 0.05) is 5.56 Å². The standard InChI is InChI=1S/C13H9ClF3N3OS/c14-10-3-1-7(13(15,16)17)5-9(10)11-4-2-8(21-11)6-19-20-12(18)22/h1-6H,(H3,18,20,22)/b19-6+. The van der Waals surface area contributed by atoms with Gasteiger partial charge < -0.3 is 10.2 Å². The number of nitrogens with two attached hydrogens (primary N) is 1. The fraction of sp³-hybridized carbons (Fsp3) is 0.0769. The quantitative estimate of drug-likeness (QED) is 0.504. The number of furan rings is 1. The lowest BCUT2D eigenvalue weighted by Gasteiger charge is -2.09. The number of nitrogens with zero attached hydrogens (tertiary/aromatic N) is 1. The molecule has 0 spiro atoms. The van der Waals surface area contributed by atoms with Crippen LogP contribution in [0.1, 0.15) is 11.3 Å². The summed E-state index contributed by atoms with van der Waals surface area (Å²) in [6.45, 7) is 0. The van der Waals surface area contributed by atoms with Crippen LogP contribution in [0.4, 0.5) is 13.2 Å². The molecule has 22 heavy (non-hydrogen) atoms. The van der Waals surface area contributed by atoms with Crippen molar-refractivity contribution in [1.82, 2.24) is 5.43 Å². The summed E-state index contributed by atoms with van der Waals surface area (Å²) < 4.78 is 43.6. The van der Waals surface area contributed by atoms with Crippen LogP contribution in [-0.4, -0.2) is 11.3 Å². The Morgan fingerprint density at radius 1 is 1.32 bits per heavy atom. The molecule has 2 rings (SSSR count). The molecule has 1 aromatic heterocycles. The van der Waals surface area contributed by atoms with Gasteiger partial charge in [0.15, 0.2) is 5.11 Å². The van der Waals surface area contributed by atoms with Gasteiger partial charge in [-0.2, -0.15) is 18.3 Å². The van der Waals surface area contributed by atoms with Crippen LogP contribution < -0.4 is 11.2 Å². The number of rotatable bonds is 3. The van der Waals surface area contributed by atoms with Gasteiger partial charge in [0.2, 0.25) is 0 Å². The first-order valence-corrected chi connectivity index (χ1v) is 6.61. The number of halogens is 4. The highest BCUT2D eigenvalue weighted by atomic mass is 35.5. The Balaban J connectivity index is 2.31. The number of hydrogen-bond acceptors (Lipinski definition) is 3. The van der Waals surface area contributed by atoms with Crippen LogP contribution in [0.5, 0.6) is 0 Å². The Bertz CT molecular complexity index is 728. The van der Waals surface area contributed by atoms with Crippen molar-refractivity contribution < 1.29 is 17.6 Å². The molecule has 0 aliphatic heterocycles. The van der Waals surface area contributed by atoms with Gasteiger partial charge in [-0.3, -0.25) is 5.43 Å². The largest absolute Gasteiger partial charge is 0.455 e. The summed E-state index contributed by atoms with van der Waals surface area (Å²) in [6, 6.07) is 6.02. The summed E-state index contributed by atoms with van der Waals surface area (Å²) >= 11 is 10.5. The number of hydrogen-bond donors (Lipinski definition) is 2. The Kier molecular flexibility index (Phi) is 4.72. The van der Waals surface area contributed by atoms with Gasteiger partial charge in [0.05, 0.1) is 16.8 Å². The van der Waals surface area contributed by atoms with Crippen molar-refractivity contribution in [1.29, 1.82) is 0 Å². The van der Waals surface area contributed by atoms with E-state index in [-0.39, 0.29) is 21.5 Å². The van der Waals surface area contributed by atoms with Gasteiger partial charge in [0.1, 0.15) is 11.5 Å². The van der Waals surface area contributed by atoms with E-state index < -0.39 is 11.7 Å². The van der Waals surface area contributed by atoms with E-state index >= 15 is 0 Å². The van der Waals surface area contributed by atoms with Crippen molar-refractivity contribution in [2.24, 2.45) is 10.8 Å². The number of benzene rings is 1. The van der Waals surface area contributed by atoms with Gasteiger partial charge in [-0.25, -0.2) is 0 Å². The SMILES string of the molecule is NC(=S)N/N=C/c1ccc(-c2cc(C(F)(F)F)ccc2Cl)o1.